The molecule has 10 nitrogen and oxygen atoms in total. The molecule has 0 fully saturated rings. The number of aryl methyl sites for hydroxylation is 1. The van der Waals surface area contributed by atoms with Gasteiger partial charge in [-0.2, -0.15) is 0 Å². The Kier molecular flexibility index (Phi) is 6.81. The Balaban J connectivity index is 2.34. The first kappa shape index (κ1) is 16.6. The van der Waals surface area contributed by atoms with E-state index in [1.165, 1.54) is 18.0 Å². The molecule has 1 heterocycles. The highest BCUT2D eigenvalue weighted by Gasteiger charge is 2.10. The number of hydrogen-bond donors (Lipinski definition) is 3. The predicted molar refractivity (Wildman–Crippen MR) is 69.4 cm³/mol. The van der Waals surface area contributed by atoms with E-state index in [9.17, 15) is 14.4 Å². The van der Waals surface area contributed by atoms with E-state index in [2.05, 4.69) is 20.9 Å². The summed E-state index contributed by atoms with van der Waals surface area (Å²) in [7, 11) is 1.50. The summed E-state index contributed by atoms with van der Waals surface area (Å²) in [4.78, 5) is 33.3. The van der Waals surface area contributed by atoms with Gasteiger partial charge in [0, 0.05) is 26.3 Å². The summed E-state index contributed by atoms with van der Waals surface area (Å²) in [6.07, 6.45) is 1.63. The summed E-state index contributed by atoms with van der Waals surface area (Å²) in [6.45, 7) is 0.452. The third kappa shape index (κ3) is 7.01. The third-order valence-electron chi connectivity index (χ3n) is 2.33. The summed E-state index contributed by atoms with van der Waals surface area (Å²) in [6, 6.07) is -0.622. The molecular weight excluding hydrogens is 282 g/mol. The van der Waals surface area contributed by atoms with Crippen LogP contribution in [0.3, 0.4) is 0 Å². The van der Waals surface area contributed by atoms with Crippen LogP contribution in [0.25, 0.3) is 0 Å². The average molecular weight is 299 g/mol. The fourth-order valence-electron chi connectivity index (χ4n) is 1.39. The van der Waals surface area contributed by atoms with Gasteiger partial charge in [-0.25, -0.2) is 9.48 Å². The second kappa shape index (κ2) is 8.64. The first-order valence-corrected chi connectivity index (χ1v) is 6.18. The highest BCUT2D eigenvalue weighted by molar-refractivity contribution is 5.94. The molecule has 3 N–H and O–H groups in total. The molecule has 0 aliphatic carbocycles. The summed E-state index contributed by atoms with van der Waals surface area (Å²) in [5.74, 6) is -1.49. The van der Waals surface area contributed by atoms with Gasteiger partial charge in [0.2, 0.25) is 5.91 Å². The second-order valence-corrected chi connectivity index (χ2v) is 4.10. The second-order valence-electron chi connectivity index (χ2n) is 4.10. The number of carboxylic acid groups (broad SMARTS) is 1. The van der Waals surface area contributed by atoms with Crippen molar-refractivity contribution in [3.8, 4) is 0 Å². The number of hydrogen-bond acceptors (Lipinski definition) is 6. The van der Waals surface area contributed by atoms with Crippen molar-refractivity contribution in [2.45, 2.75) is 19.4 Å². The molecule has 0 aliphatic rings. The van der Waals surface area contributed by atoms with E-state index in [0.717, 1.165) is 0 Å². The van der Waals surface area contributed by atoms with Crippen LogP contribution >= 0.6 is 0 Å². The number of rotatable bonds is 8. The maximum absolute atomic E-state index is 11.5. The number of imide groups is 1. The Hall–Kier alpha value is -2.49. The van der Waals surface area contributed by atoms with Gasteiger partial charge in [0.05, 0.1) is 18.7 Å². The van der Waals surface area contributed by atoms with Crippen molar-refractivity contribution < 1.29 is 24.2 Å². The Morgan fingerprint density at radius 3 is 2.86 bits per heavy atom. The van der Waals surface area contributed by atoms with Gasteiger partial charge in [0.25, 0.3) is 0 Å². The number of aromatic nitrogens is 3. The molecular formula is C11H17N5O5. The molecule has 1 aromatic heterocycles. The van der Waals surface area contributed by atoms with E-state index in [1.54, 1.807) is 0 Å². The third-order valence-corrected chi connectivity index (χ3v) is 2.33. The summed E-state index contributed by atoms with van der Waals surface area (Å²) >= 11 is 0. The molecule has 0 aromatic carbocycles. The van der Waals surface area contributed by atoms with E-state index < -0.39 is 17.9 Å². The SMILES string of the molecule is COCCNC(=O)NC(=O)Cn1cc(CCC(=O)O)nn1. The molecule has 0 aliphatic heterocycles. The van der Waals surface area contributed by atoms with Crippen molar-refractivity contribution in [2.24, 2.45) is 0 Å². The number of ether oxygens (including phenoxy) is 1. The normalized spacial score (nSPS) is 10.1. The van der Waals surface area contributed by atoms with Crippen molar-refractivity contribution in [3.05, 3.63) is 11.9 Å². The van der Waals surface area contributed by atoms with Gasteiger partial charge < -0.3 is 15.2 Å². The van der Waals surface area contributed by atoms with Crippen LogP contribution in [0.5, 0.6) is 0 Å². The number of urea groups is 1. The van der Waals surface area contributed by atoms with Crippen molar-refractivity contribution in [2.75, 3.05) is 20.3 Å². The molecule has 0 bridgehead atoms. The Bertz CT molecular complexity index is 501. The molecule has 3 amide bonds. The van der Waals surface area contributed by atoms with E-state index >= 15 is 0 Å². The van der Waals surface area contributed by atoms with Crippen molar-refractivity contribution in [3.63, 3.8) is 0 Å². The van der Waals surface area contributed by atoms with Gasteiger partial charge in [-0.05, 0) is 0 Å². The molecule has 21 heavy (non-hydrogen) atoms. The van der Waals surface area contributed by atoms with Gasteiger partial charge in [-0.1, -0.05) is 5.21 Å². The molecule has 0 saturated heterocycles. The Labute approximate surface area is 120 Å². The van der Waals surface area contributed by atoms with Gasteiger partial charge in [-0.15, -0.1) is 5.10 Å². The number of carboxylic acids is 1. The van der Waals surface area contributed by atoms with Crippen LogP contribution in [-0.2, 0) is 27.3 Å². The van der Waals surface area contributed by atoms with E-state index in [1.807, 2.05) is 0 Å². The largest absolute Gasteiger partial charge is 0.481 e. The van der Waals surface area contributed by atoms with Crippen LogP contribution in [0.1, 0.15) is 12.1 Å². The lowest BCUT2D eigenvalue weighted by Gasteiger charge is -2.05. The van der Waals surface area contributed by atoms with Gasteiger partial charge in [0.1, 0.15) is 6.54 Å². The van der Waals surface area contributed by atoms with E-state index in [-0.39, 0.29) is 25.9 Å². The van der Waals surface area contributed by atoms with Crippen molar-refractivity contribution >= 4 is 17.9 Å². The van der Waals surface area contributed by atoms with Gasteiger partial charge in [-0.3, -0.25) is 14.9 Å². The van der Waals surface area contributed by atoms with Crippen LogP contribution in [0, 0.1) is 0 Å². The van der Waals surface area contributed by atoms with Gasteiger partial charge in [0.15, 0.2) is 0 Å². The molecule has 0 radical (unpaired) electrons. The number of methoxy groups -OCH3 is 1. The zero-order chi connectivity index (χ0) is 15.7. The number of nitrogens with one attached hydrogen (secondary N) is 2. The number of aliphatic carboxylic acids is 1. The quantitative estimate of drug-likeness (QED) is 0.511. The Morgan fingerprint density at radius 1 is 1.43 bits per heavy atom. The topological polar surface area (TPSA) is 135 Å². The first-order valence-electron chi connectivity index (χ1n) is 6.18. The molecule has 0 unspecified atom stereocenters. The lowest BCUT2D eigenvalue weighted by molar-refractivity contribution is -0.137. The molecule has 0 spiro atoms. The van der Waals surface area contributed by atoms with Crippen LogP contribution in [0.2, 0.25) is 0 Å². The molecule has 1 aromatic rings. The minimum Gasteiger partial charge on any atom is -0.481 e. The smallest absolute Gasteiger partial charge is 0.321 e. The predicted octanol–water partition coefficient (Wildman–Crippen LogP) is -1.23. The molecule has 0 atom stereocenters. The minimum absolute atomic E-state index is 0.0627. The van der Waals surface area contributed by atoms with Crippen LogP contribution < -0.4 is 10.6 Å². The van der Waals surface area contributed by atoms with Crippen LogP contribution in [0.4, 0.5) is 4.79 Å². The molecule has 0 saturated carbocycles. The number of carbonyl (C=O) groups is 3. The van der Waals surface area contributed by atoms with Crippen molar-refractivity contribution in [1.82, 2.24) is 25.6 Å². The van der Waals surface area contributed by atoms with Crippen LogP contribution in [-0.4, -0.2) is 58.3 Å². The van der Waals surface area contributed by atoms with Crippen molar-refractivity contribution in [1.29, 1.82) is 0 Å². The molecule has 10 heteroatoms. The monoisotopic (exact) mass is 299 g/mol. The molecule has 116 valence electrons. The minimum atomic E-state index is -0.935. The van der Waals surface area contributed by atoms with Crippen LogP contribution in [0.15, 0.2) is 6.20 Å². The summed E-state index contributed by atoms with van der Waals surface area (Å²) in [5, 5.41) is 20.5. The molecule has 1 rings (SSSR count). The summed E-state index contributed by atoms with van der Waals surface area (Å²) < 4.78 is 5.97. The number of nitrogens with zero attached hydrogens (tertiary/aromatic N) is 3. The van der Waals surface area contributed by atoms with Gasteiger partial charge >= 0.3 is 12.0 Å². The highest BCUT2D eigenvalue weighted by atomic mass is 16.5. The average Bonchev–Trinajstić information content (AvgIpc) is 2.84. The zero-order valence-electron chi connectivity index (χ0n) is 11.5. The fraction of sp³-hybridized carbons (Fsp3) is 0.545. The zero-order valence-corrected chi connectivity index (χ0v) is 11.5. The van der Waals surface area contributed by atoms with E-state index in [4.69, 9.17) is 9.84 Å². The lowest BCUT2D eigenvalue weighted by Crippen LogP contribution is -2.42. The first-order chi connectivity index (χ1) is 10.0. The fourth-order valence-corrected chi connectivity index (χ4v) is 1.39. The Morgan fingerprint density at radius 2 is 2.19 bits per heavy atom. The maximum atomic E-state index is 11.5. The summed E-state index contributed by atoms with van der Waals surface area (Å²) in [5.41, 5.74) is 0.467. The number of carbonyl (C=O) groups excluding carboxylic acids is 2. The standard InChI is InChI=1S/C11H17N5O5/c1-21-5-4-12-11(20)13-9(17)7-16-6-8(14-15-16)2-3-10(18)19/h6H,2-5,7H2,1H3,(H,18,19)(H2,12,13,17,20). The number of amides is 3. The maximum Gasteiger partial charge on any atom is 0.321 e. The lowest BCUT2D eigenvalue weighted by atomic mass is 10.2. The van der Waals surface area contributed by atoms with E-state index in [0.29, 0.717) is 12.3 Å². The highest BCUT2D eigenvalue weighted by Crippen LogP contribution is 1.98.